The Morgan fingerprint density at radius 1 is 0.963 bits per heavy atom. The Balaban J connectivity index is 1.46. The molecule has 0 radical (unpaired) electrons. The quantitative estimate of drug-likeness (QED) is 0.864. The van der Waals surface area contributed by atoms with E-state index in [-0.39, 0.29) is 11.8 Å². The smallest absolute Gasteiger partial charge is 0.248 e. The number of hydrogen-bond acceptors (Lipinski definition) is 4. The standard InChI is InChI=1S/C21H25N3O2S/c25-19(16-18-8-4-15-27-18)23-13-9-21(10-14-23,20(26)24-11-5-12-24)22-17-6-2-1-3-7-17/h1-4,6-8,15,22H,5,9-14,16H2. The van der Waals surface area contributed by atoms with Crippen LogP contribution in [0.4, 0.5) is 5.69 Å². The molecule has 0 saturated carbocycles. The van der Waals surface area contributed by atoms with E-state index in [4.69, 9.17) is 0 Å². The zero-order valence-electron chi connectivity index (χ0n) is 15.4. The van der Waals surface area contributed by atoms with Crippen molar-refractivity contribution in [1.29, 1.82) is 0 Å². The molecule has 1 aromatic carbocycles. The third-order valence-corrected chi connectivity index (χ3v) is 6.46. The molecule has 2 fully saturated rings. The molecule has 3 heterocycles. The van der Waals surface area contributed by atoms with E-state index in [1.54, 1.807) is 11.3 Å². The van der Waals surface area contributed by atoms with Crippen molar-refractivity contribution in [2.45, 2.75) is 31.2 Å². The minimum absolute atomic E-state index is 0.155. The molecule has 0 unspecified atom stereocenters. The SMILES string of the molecule is O=C(Cc1cccs1)N1CCC(Nc2ccccc2)(C(=O)N2CCC2)CC1. The van der Waals surface area contributed by atoms with Crippen molar-refractivity contribution >= 4 is 28.8 Å². The average Bonchev–Trinajstić information content (AvgIpc) is 3.14. The second kappa shape index (κ2) is 7.72. The first-order valence-electron chi connectivity index (χ1n) is 9.59. The fourth-order valence-corrected chi connectivity index (χ4v) is 4.52. The van der Waals surface area contributed by atoms with Gasteiger partial charge in [0.15, 0.2) is 0 Å². The van der Waals surface area contributed by atoms with E-state index < -0.39 is 5.54 Å². The molecule has 4 rings (SSSR count). The summed E-state index contributed by atoms with van der Waals surface area (Å²) in [7, 11) is 0. The molecule has 142 valence electrons. The van der Waals surface area contributed by atoms with Gasteiger partial charge in [0.2, 0.25) is 11.8 Å². The van der Waals surface area contributed by atoms with Gasteiger partial charge in [-0.05, 0) is 42.8 Å². The molecule has 0 atom stereocenters. The van der Waals surface area contributed by atoms with Crippen LogP contribution in [-0.4, -0.2) is 53.3 Å². The topological polar surface area (TPSA) is 52.7 Å². The lowest BCUT2D eigenvalue weighted by atomic mass is 9.84. The summed E-state index contributed by atoms with van der Waals surface area (Å²) in [4.78, 5) is 30.8. The van der Waals surface area contributed by atoms with Gasteiger partial charge >= 0.3 is 0 Å². The highest BCUT2D eigenvalue weighted by Gasteiger charge is 2.45. The number of likely N-dealkylation sites (tertiary alicyclic amines) is 2. The summed E-state index contributed by atoms with van der Waals surface area (Å²) in [5.41, 5.74) is 0.353. The highest BCUT2D eigenvalue weighted by atomic mass is 32.1. The molecule has 2 aliphatic rings. The summed E-state index contributed by atoms with van der Waals surface area (Å²) in [5, 5.41) is 5.52. The molecular formula is C21H25N3O2S. The van der Waals surface area contributed by atoms with Gasteiger partial charge in [0.1, 0.15) is 5.54 Å². The van der Waals surface area contributed by atoms with E-state index in [0.717, 1.165) is 30.1 Å². The van der Waals surface area contributed by atoms with Crippen molar-refractivity contribution in [3.05, 3.63) is 52.7 Å². The van der Waals surface area contributed by atoms with Crippen molar-refractivity contribution in [2.24, 2.45) is 0 Å². The van der Waals surface area contributed by atoms with Gasteiger partial charge in [0.25, 0.3) is 0 Å². The fraction of sp³-hybridized carbons (Fsp3) is 0.429. The molecule has 1 aromatic heterocycles. The van der Waals surface area contributed by atoms with Gasteiger partial charge in [-0.1, -0.05) is 24.3 Å². The Kier molecular flexibility index (Phi) is 5.16. The molecular weight excluding hydrogens is 358 g/mol. The number of para-hydroxylation sites is 1. The lowest BCUT2D eigenvalue weighted by Gasteiger charge is -2.46. The second-order valence-electron chi connectivity index (χ2n) is 7.36. The zero-order valence-corrected chi connectivity index (χ0v) is 16.2. The van der Waals surface area contributed by atoms with Gasteiger partial charge in [-0.3, -0.25) is 9.59 Å². The van der Waals surface area contributed by atoms with Crippen LogP contribution in [0.3, 0.4) is 0 Å². The lowest BCUT2D eigenvalue weighted by molar-refractivity contribution is -0.143. The van der Waals surface area contributed by atoms with E-state index >= 15 is 0 Å². The van der Waals surface area contributed by atoms with Crippen LogP contribution >= 0.6 is 11.3 Å². The number of anilines is 1. The molecule has 2 aliphatic heterocycles. The third kappa shape index (κ3) is 3.86. The van der Waals surface area contributed by atoms with Crippen molar-refractivity contribution in [3.8, 4) is 0 Å². The molecule has 5 nitrogen and oxygen atoms in total. The molecule has 2 aromatic rings. The molecule has 2 saturated heterocycles. The largest absolute Gasteiger partial charge is 0.371 e. The minimum Gasteiger partial charge on any atom is -0.371 e. The van der Waals surface area contributed by atoms with E-state index in [9.17, 15) is 9.59 Å². The molecule has 6 heteroatoms. The summed E-state index contributed by atoms with van der Waals surface area (Å²) < 4.78 is 0. The average molecular weight is 384 g/mol. The Hall–Kier alpha value is -2.34. The maximum absolute atomic E-state index is 13.2. The van der Waals surface area contributed by atoms with Crippen LogP contribution in [0.25, 0.3) is 0 Å². The minimum atomic E-state index is -0.610. The van der Waals surface area contributed by atoms with Gasteiger partial charge in [0.05, 0.1) is 6.42 Å². The predicted molar refractivity (Wildman–Crippen MR) is 108 cm³/mol. The highest BCUT2D eigenvalue weighted by Crippen LogP contribution is 2.31. The van der Waals surface area contributed by atoms with Gasteiger partial charge in [-0.15, -0.1) is 11.3 Å². The van der Waals surface area contributed by atoms with E-state index in [2.05, 4.69) is 5.32 Å². The number of amides is 2. The molecule has 2 amide bonds. The first kappa shape index (κ1) is 18.0. The Morgan fingerprint density at radius 3 is 2.30 bits per heavy atom. The number of carbonyl (C=O) groups is 2. The van der Waals surface area contributed by atoms with Gasteiger partial charge in [-0.25, -0.2) is 0 Å². The summed E-state index contributed by atoms with van der Waals surface area (Å²) in [5.74, 6) is 0.338. The van der Waals surface area contributed by atoms with Crippen molar-refractivity contribution in [3.63, 3.8) is 0 Å². The fourth-order valence-electron chi connectivity index (χ4n) is 3.82. The summed E-state index contributed by atoms with van der Waals surface area (Å²) in [6.45, 7) is 2.92. The van der Waals surface area contributed by atoms with E-state index in [1.165, 1.54) is 0 Å². The number of hydrogen-bond donors (Lipinski definition) is 1. The normalized spacial score (nSPS) is 18.7. The number of rotatable bonds is 5. The Morgan fingerprint density at radius 2 is 1.70 bits per heavy atom. The lowest BCUT2D eigenvalue weighted by Crippen LogP contribution is -2.62. The number of thiophene rings is 1. The number of carbonyl (C=O) groups excluding carboxylic acids is 2. The zero-order chi connectivity index (χ0) is 18.7. The monoisotopic (exact) mass is 383 g/mol. The van der Waals surface area contributed by atoms with Crippen molar-refractivity contribution in [2.75, 3.05) is 31.5 Å². The maximum Gasteiger partial charge on any atom is 0.248 e. The number of nitrogens with one attached hydrogen (secondary N) is 1. The molecule has 0 spiro atoms. The number of nitrogens with zero attached hydrogens (tertiary/aromatic N) is 2. The summed E-state index contributed by atoms with van der Waals surface area (Å²) in [6.07, 6.45) is 2.83. The van der Waals surface area contributed by atoms with Gasteiger partial charge < -0.3 is 15.1 Å². The van der Waals surface area contributed by atoms with Crippen molar-refractivity contribution < 1.29 is 9.59 Å². The van der Waals surface area contributed by atoms with Gasteiger partial charge in [-0.2, -0.15) is 0 Å². The van der Waals surface area contributed by atoms with Crippen molar-refractivity contribution in [1.82, 2.24) is 9.80 Å². The third-order valence-electron chi connectivity index (χ3n) is 5.59. The first-order valence-corrected chi connectivity index (χ1v) is 10.5. The summed E-state index contributed by atoms with van der Waals surface area (Å²) in [6, 6.07) is 13.9. The van der Waals surface area contributed by atoms with Crippen LogP contribution < -0.4 is 5.32 Å². The van der Waals surface area contributed by atoms with Crippen LogP contribution in [0.1, 0.15) is 24.1 Å². The first-order chi connectivity index (χ1) is 13.2. The van der Waals surface area contributed by atoms with Gasteiger partial charge in [0, 0.05) is 36.7 Å². The summed E-state index contributed by atoms with van der Waals surface area (Å²) >= 11 is 1.62. The van der Waals surface area contributed by atoms with E-state index in [0.29, 0.717) is 32.4 Å². The highest BCUT2D eigenvalue weighted by molar-refractivity contribution is 7.10. The second-order valence-corrected chi connectivity index (χ2v) is 8.39. The Bertz CT molecular complexity index is 779. The molecule has 0 bridgehead atoms. The predicted octanol–water partition coefficient (Wildman–Crippen LogP) is 3.00. The van der Waals surface area contributed by atoms with Crippen LogP contribution in [0, 0.1) is 0 Å². The van der Waals surface area contributed by atoms with Crippen LogP contribution in [0.5, 0.6) is 0 Å². The van der Waals surface area contributed by atoms with Crippen LogP contribution in [-0.2, 0) is 16.0 Å². The van der Waals surface area contributed by atoms with Crippen LogP contribution in [0.2, 0.25) is 0 Å². The van der Waals surface area contributed by atoms with Crippen LogP contribution in [0.15, 0.2) is 47.8 Å². The molecule has 1 N–H and O–H groups in total. The maximum atomic E-state index is 13.2. The Labute approximate surface area is 164 Å². The van der Waals surface area contributed by atoms with E-state index in [1.807, 2.05) is 57.6 Å². The number of benzene rings is 1. The molecule has 0 aliphatic carbocycles. The number of piperidine rings is 1. The molecule has 27 heavy (non-hydrogen) atoms.